The van der Waals surface area contributed by atoms with E-state index >= 15 is 0 Å². The van der Waals surface area contributed by atoms with E-state index in [9.17, 15) is 4.79 Å². The highest BCUT2D eigenvalue weighted by Crippen LogP contribution is 2.28. The summed E-state index contributed by atoms with van der Waals surface area (Å²) in [7, 11) is 0. The number of para-hydroxylation sites is 1. The summed E-state index contributed by atoms with van der Waals surface area (Å²) in [6.07, 6.45) is 3.86. The molecule has 0 bridgehead atoms. The fourth-order valence-corrected chi connectivity index (χ4v) is 4.20. The number of benzene rings is 2. The van der Waals surface area contributed by atoms with Crippen molar-refractivity contribution in [3.8, 4) is 5.75 Å². The number of carbonyl (C=O) groups is 1. The number of thiazole rings is 1. The minimum absolute atomic E-state index is 0.253. The standard InChI is InChI=1S/C23H18N4O2S/c1-15-9-10-18-20(12-15)30-23(25-18)26-22(28)17-6-2-3-7-19(17)29-14-16-13-27-11-5-4-8-21(27)24-16/h2-13H,14H2,1H3,(H,25,26,28). The van der Waals surface area contributed by atoms with E-state index in [1.807, 2.05) is 66.2 Å². The smallest absolute Gasteiger partial charge is 0.261 e. The van der Waals surface area contributed by atoms with Gasteiger partial charge in [0.25, 0.3) is 5.91 Å². The number of imidazole rings is 1. The molecule has 0 aliphatic rings. The van der Waals surface area contributed by atoms with Crippen LogP contribution in [0.3, 0.4) is 0 Å². The molecule has 0 saturated carbocycles. The van der Waals surface area contributed by atoms with Gasteiger partial charge in [-0.1, -0.05) is 35.6 Å². The second-order valence-corrected chi connectivity index (χ2v) is 7.96. The average molecular weight is 414 g/mol. The molecule has 0 aliphatic carbocycles. The van der Waals surface area contributed by atoms with Crippen LogP contribution in [-0.2, 0) is 6.61 Å². The first-order valence-electron chi connectivity index (χ1n) is 9.49. The third kappa shape index (κ3) is 3.62. The molecule has 30 heavy (non-hydrogen) atoms. The van der Waals surface area contributed by atoms with Crippen molar-refractivity contribution in [1.29, 1.82) is 0 Å². The molecule has 0 saturated heterocycles. The summed E-state index contributed by atoms with van der Waals surface area (Å²) in [4.78, 5) is 21.9. The first-order chi connectivity index (χ1) is 14.7. The number of carbonyl (C=O) groups excluding carboxylic acids is 1. The maximum atomic E-state index is 12.9. The number of ether oxygens (including phenoxy) is 1. The van der Waals surface area contributed by atoms with Gasteiger partial charge in [-0.15, -0.1) is 0 Å². The molecule has 0 fully saturated rings. The lowest BCUT2D eigenvalue weighted by Crippen LogP contribution is -2.13. The molecule has 7 heteroatoms. The third-order valence-electron chi connectivity index (χ3n) is 4.69. The number of aryl methyl sites for hydroxylation is 1. The van der Waals surface area contributed by atoms with Gasteiger partial charge in [-0.25, -0.2) is 9.97 Å². The van der Waals surface area contributed by atoms with Crippen LogP contribution in [0.5, 0.6) is 5.75 Å². The quantitative estimate of drug-likeness (QED) is 0.435. The Morgan fingerprint density at radius 1 is 1.10 bits per heavy atom. The Bertz CT molecular complexity index is 1340. The van der Waals surface area contributed by atoms with E-state index in [0.29, 0.717) is 16.4 Å². The molecule has 2 aromatic carbocycles. The number of rotatable bonds is 5. The van der Waals surface area contributed by atoms with Crippen molar-refractivity contribution >= 4 is 38.2 Å². The van der Waals surface area contributed by atoms with E-state index in [1.165, 1.54) is 11.3 Å². The second kappa shape index (κ2) is 7.61. The Hall–Kier alpha value is -3.71. The van der Waals surface area contributed by atoms with Gasteiger partial charge in [0.05, 0.1) is 21.5 Å². The molecular weight excluding hydrogens is 396 g/mol. The van der Waals surface area contributed by atoms with Gasteiger partial charge in [-0.05, 0) is 48.9 Å². The topological polar surface area (TPSA) is 68.5 Å². The molecule has 3 aromatic heterocycles. The Kier molecular flexibility index (Phi) is 4.65. The van der Waals surface area contributed by atoms with Crippen molar-refractivity contribution in [3.05, 3.63) is 89.9 Å². The lowest BCUT2D eigenvalue weighted by atomic mass is 10.2. The zero-order valence-corrected chi connectivity index (χ0v) is 17.0. The molecule has 5 rings (SSSR count). The number of hydrogen-bond acceptors (Lipinski definition) is 5. The molecule has 6 nitrogen and oxygen atoms in total. The minimum Gasteiger partial charge on any atom is -0.486 e. The molecule has 1 N–H and O–H groups in total. The minimum atomic E-state index is -0.253. The van der Waals surface area contributed by atoms with E-state index in [1.54, 1.807) is 12.1 Å². The summed E-state index contributed by atoms with van der Waals surface area (Å²) in [5.41, 5.74) is 4.13. The first-order valence-corrected chi connectivity index (χ1v) is 10.3. The molecule has 0 aliphatic heterocycles. The van der Waals surface area contributed by atoms with E-state index in [0.717, 1.165) is 27.1 Å². The zero-order chi connectivity index (χ0) is 20.5. The predicted octanol–water partition coefficient (Wildman–Crippen LogP) is 5.08. The summed E-state index contributed by atoms with van der Waals surface area (Å²) >= 11 is 1.46. The summed E-state index contributed by atoms with van der Waals surface area (Å²) in [6.45, 7) is 2.31. The maximum absolute atomic E-state index is 12.9. The summed E-state index contributed by atoms with van der Waals surface area (Å²) in [5, 5.41) is 3.46. The molecule has 0 atom stereocenters. The number of aromatic nitrogens is 3. The van der Waals surface area contributed by atoms with Gasteiger partial charge in [-0.2, -0.15) is 0 Å². The van der Waals surface area contributed by atoms with Crippen molar-refractivity contribution in [3.63, 3.8) is 0 Å². The van der Waals surface area contributed by atoms with Crippen molar-refractivity contribution in [2.24, 2.45) is 0 Å². The van der Waals surface area contributed by atoms with Gasteiger partial charge in [0.2, 0.25) is 0 Å². The van der Waals surface area contributed by atoms with Crippen molar-refractivity contribution in [2.45, 2.75) is 13.5 Å². The lowest BCUT2D eigenvalue weighted by molar-refractivity contribution is 0.102. The second-order valence-electron chi connectivity index (χ2n) is 6.93. The van der Waals surface area contributed by atoms with Crippen LogP contribution in [0.2, 0.25) is 0 Å². The normalized spacial score (nSPS) is 11.1. The average Bonchev–Trinajstić information content (AvgIpc) is 3.35. The highest BCUT2D eigenvalue weighted by Gasteiger charge is 2.15. The van der Waals surface area contributed by atoms with Crippen LogP contribution < -0.4 is 10.1 Å². The van der Waals surface area contributed by atoms with Gasteiger partial charge < -0.3 is 9.14 Å². The van der Waals surface area contributed by atoms with Gasteiger partial charge >= 0.3 is 0 Å². The molecule has 3 heterocycles. The molecular formula is C23H18N4O2S. The largest absolute Gasteiger partial charge is 0.486 e. The van der Waals surface area contributed by atoms with Gasteiger partial charge in [0, 0.05) is 12.4 Å². The molecule has 0 spiro atoms. The fraction of sp³-hybridized carbons (Fsp3) is 0.0870. The van der Waals surface area contributed by atoms with Crippen LogP contribution >= 0.6 is 11.3 Å². The number of fused-ring (bicyclic) bond motifs is 2. The van der Waals surface area contributed by atoms with Crippen LogP contribution in [0.1, 0.15) is 21.6 Å². The van der Waals surface area contributed by atoms with Crippen molar-refractivity contribution < 1.29 is 9.53 Å². The highest BCUT2D eigenvalue weighted by atomic mass is 32.1. The van der Waals surface area contributed by atoms with Crippen LogP contribution in [0.25, 0.3) is 15.9 Å². The number of pyridine rings is 1. The Morgan fingerprint density at radius 3 is 2.87 bits per heavy atom. The van der Waals surface area contributed by atoms with Crippen molar-refractivity contribution in [2.75, 3.05) is 5.32 Å². The number of nitrogens with one attached hydrogen (secondary N) is 1. The fourth-order valence-electron chi connectivity index (χ4n) is 3.24. The van der Waals surface area contributed by atoms with Gasteiger partial charge in [-0.3, -0.25) is 10.1 Å². The third-order valence-corrected chi connectivity index (χ3v) is 5.62. The van der Waals surface area contributed by atoms with E-state index in [4.69, 9.17) is 4.74 Å². The molecule has 1 amide bonds. The Morgan fingerprint density at radius 2 is 1.97 bits per heavy atom. The van der Waals surface area contributed by atoms with E-state index < -0.39 is 0 Å². The monoisotopic (exact) mass is 414 g/mol. The SMILES string of the molecule is Cc1ccc2nc(NC(=O)c3ccccc3OCc3cn4ccccc4n3)sc2c1. The van der Waals surface area contributed by atoms with E-state index in [-0.39, 0.29) is 12.5 Å². The van der Waals surface area contributed by atoms with Crippen LogP contribution in [0.4, 0.5) is 5.13 Å². The number of hydrogen-bond donors (Lipinski definition) is 1. The number of amides is 1. The molecule has 0 radical (unpaired) electrons. The summed E-state index contributed by atoms with van der Waals surface area (Å²) in [5.74, 6) is 0.250. The van der Waals surface area contributed by atoms with Crippen LogP contribution in [0, 0.1) is 6.92 Å². The first kappa shape index (κ1) is 18.3. The highest BCUT2D eigenvalue weighted by molar-refractivity contribution is 7.22. The maximum Gasteiger partial charge on any atom is 0.261 e. The van der Waals surface area contributed by atoms with Crippen LogP contribution in [0.15, 0.2) is 73.1 Å². The van der Waals surface area contributed by atoms with Crippen LogP contribution in [-0.4, -0.2) is 20.3 Å². The molecule has 5 aromatic rings. The molecule has 0 unspecified atom stereocenters. The molecule has 148 valence electrons. The zero-order valence-electron chi connectivity index (χ0n) is 16.2. The predicted molar refractivity (Wildman–Crippen MR) is 118 cm³/mol. The Balaban J connectivity index is 1.34. The summed E-state index contributed by atoms with van der Waals surface area (Å²) < 4.78 is 8.91. The van der Waals surface area contributed by atoms with E-state index in [2.05, 4.69) is 21.4 Å². The lowest BCUT2D eigenvalue weighted by Gasteiger charge is -2.09. The van der Waals surface area contributed by atoms with Gasteiger partial charge in [0.1, 0.15) is 18.0 Å². The summed E-state index contributed by atoms with van der Waals surface area (Å²) in [6, 6.07) is 19.0. The van der Waals surface area contributed by atoms with Crippen molar-refractivity contribution in [1.82, 2.24) is 14.4 Å². The Labute approximate surface area is 176 Å². The number of anilines is 1. The van der Waals surface area contributed by atoms with Gasteiger partial charge in [0.15, 0.2) is 5.13 Å². The number of nitrogens with zero attached hydrogens (tertiary/aromatic N) is 3.